The Balaban J connectivity index is 3.81. The first-order chi connectivity index (χ1) is 8.31. The number of ether oxygens (including phenoxy) is 2. The van der Waals surface area contributed by atoms with E-state index in [1.165, 1.54) is 0 Å². The maximum Gasteiger partial charge on any atom is 0.702 e. The molecule has 0 N–H and O–H groups in total. The maximum atomic E-state index is 11.5. The molecule has 104 valence electrons. The fourth-order valence-electron chi connectivity index (χ4n) is 0.847. The normalized spacial score (nSPS) is 15.0. The van der Waals surface area contributed by atoms with Crippen molar-refractivity contribution < 1.29 is 23.1 Å². The molecule has 0 aromatic heterocycles. The first kappa shape index (κ1) is 17.4. The molecule has 18 heavy (non-hydrogen) atoms. The van der Waals surface area contributed by atoms with E-state index in [4.69, 9.17) is 18.5 Å². The number of rotatable bonds is 10. The molecule has 0 aromatic rings. The predicted octanol–water partition coefficient (Wildman–Crippen LogP) is 3.55. The Morgan fingerprint density at radius 3 is 1.61 bits per heavy atom. The lowest BCUT2D eigenvalue weighted by molar-refractivity contribution is -0.0910. The van der Waals surface area contributed by atoms with Crippen LogP contribution in [0.15, 0.2) is 24.3 Å². The highest BCUT2D eigenvalue weighted by atomic mass is 31.1. The Morgan fingerprint density at radius 1 is 1.00 bits per heavy atom. The molecule has 0 rings (SSSR count). The van der Waals surface area contributed by atoms with Crippen molar-refractivity contribution in [3.8, 4) is 0 Å². The summed E-state index contributed by atoms with van der Waals surface area (Å²) in [6.45, 7) is 15.0. The van der Waals surface area contributed by atoms with Crippen LogP contribution in [0.1, 0.15) is 27.7 Å². The van der Waals surface area contributed by atoms with Gasteiger partial charge in [0.2, 0.25) is 12.6 Å². The summed E-state index contributed by atoms with van der Waals surface area (Å²) in [4.78, 5) is 0. The molecule has 0 aromatic carbocycles. The van der Waals surface area contributed by atoms with Gasteiger partial charge in [-0.05, 0) is 27.7 Å². The minimum Gasteiger partial charge on any atom is -0.344 e. The first-order valence-corrected chi connectivity index (χ1v) is 6.73. The van der Waals surface area contributed by atoms with Gasteiger partial charge < -0.3 is 9.47 Å². The molecule has 5 nitrogen and oxygen atoms in total. The zero-order chi connectivity index (χ0) is 14.1. The van der Waals surface area contributed by atoms with Crippen molar-refractivity contribution in [1.82, 2.24) is 0 Å². The van der Waals surface area contributed by atoms with Crippen molar-refractivity contribution >= 4 is 8.25 Å². The molecular formula is C12H22O5P+. The molecule has 0 amide bonds. The van der Waals surface area contributed by atoms with Crippen LogP contribution in [0.25, 0.3) is 0 Å². The van der Waals surface area contributed by atoms with Crippen molar-refractivity contribution in [2.75, 3.05) is 13.2 Å². The molecule has 0 heterocycles. The summed E-state index contributed by atoms with van der Waals surface area (Å²) in [6.07, 6.45) is -1.25. The quantitative estimate of drug-likeness (QED) is 0.347. The van der Waals surface area contributed by atoms with Crippen LogP contribution in [0.2, 0.25) is 0 Å². The summed E-state index contributed by atoms with van der Waals surface area (Å²) in [5, 5.41) is 0. The van der Waals surface area contributed by atoms with Crippen LogP contribution in [0.5, 0.6) is 0 Å². The van der Waals surface area contributed by atoms with Gasteiger partial charge in [0.1, 0.15) is 0 Å². The molecule has 0 aliphatic carbocycles. The van der Waals surface area contributed by atoms with E-state index in [0.717, 1.165) is 11.1 Å². The topological polar surface area (TPSA) is 54.0 Å². The van der Waals surface area contributed by atoms with Gasteiger partial charge >= 0.3 is 8.25 Å². The van der Waals surface area contributed by atoms with E-state index in [-0.39, 0.29) is 0 Å². The van der Waals surface area contributed by atoms with Crippen LogP contribution in [0, 0.1) is 0 Å². The summed E-state index contributed by atoms with van der Waals surface area (Å²) in [5.41, 5.74) is 1.72. The molecule has 0 bridgehead atoms. The van der Waals surface area contributed by atoms with Gasteiger partial charge in [0.05, 0.1) is 13.2 Å². The average molecular weight is 277 g/mol. The van der Waals surface area contributed by atoms with Crippen molar-refractivity contribution in [3.63, 3.8) is 0 Å². The smallest absolute Gasteiger partial charge is 0.344 e. The van der Waals surface area contributed by atoms with Crippen LogP contribution in [0.4, 0.5) is 0 Å². The van der Waals surface area contributed by atoms with Crippen LogP contribution in [-0.2, 0) is 23.1 Å². The van der Waals surface area contributed by atoms with E-state index in [0.29, 0.717) is 13.2 Å². The molecule has 6 heteroatoms. The summed E-state index contributed by atoms with van der Waals surface area (Å²) < 4.78 is 31.9. The highest BCUT2D eigenvalue weighted by Gasteiger charge is 2.28. The average Bonchev–Trinajstić information content (AvgIpc) is 2.23. The minimum absolute atomic E-state index is 0.353. The van der Waals surface area contributed by atoms with Gasteiger partial charge in [0.15, 0.2) is 0 Å². The van der Waals surface area contributed by atoms with Gasteiger partial charge in [-0.1, -0.05) is 33.4 Å². The van der Waals surface area contributed by atoms with Gasteiger partial charge in [0, 0.05) is 4.57 Å². The molecule has 2 atom stereocenters. The van der Waals surface area contributed by atoms with E-state index in [1.807, 2.05) is 13.8 Å². The van der Waals surface area contributed by atoms with E-state index in [1.54, 1.807) is 13.8 Å². The van der Waals surface area contributed by atoms with Crippen molar-refractivity contribution in [2.45, 2.75) is 40.3 Å². The van der Waals surface area contributed by atoms with Gasteiger partial charge in [-0.2, -0.15) is 0 Å². The van der Waals surface area contributed by atoms with Crippen molar-refractivity contribution in [3.05, 3.63) is 24.3 Å². The summed E-state index contributed by atoms with van der Waals surface area (Å²) in [7, 11) is -2.28. The Bertz CT molecular complexity index is 275. The molecule has 0 spiro atoms. The van der Waals surface area contributed by atoms with Gasteiger partial charge in [-0.25, -0.2) is 0 Å². The molecule has 0 fully saturated rings. The molecule has 0 saturated carbocycles. The van der Waals surface area contributed by atoms with Gasteiger partial charge in [-0.15, -0.1) is 0 Å². The molecule has 0 saturated heterocycles. The van der Waals surface area contributed by atoms with Crippen molar-refractivity contribution in [2.24, 2.45) is 0 Å². The van der Waals surface area contributed by atoms with Gasteiger partial charge in [0.25, 0.3) is 0 Å². The Morgan fingerprint density at radius 2 is 1.33 bits per heavy atom. The van der Waals surface area contributed by atoms with Crippen LogP contribution >= 0.6 is 8.25 Å². The fraction of sp³-hybridized carbons (Fsp3) is 0.667. The number of hydrogen-bond donors (Lipinski definition) is 0. The third-order valence-electron chi connectivity index (χ3n) is 1.60. The zero-order valence-electron chi connectivity index (χ0n) is 11.5. The largest absolute Gasteiger partial charge is 0.702 e. The predicted molar refractivity (Wildman–Crippen MR) is 70.2 cm³/mol. The standard InChI is InChI=1S/C12H22O5P/c1-9(2)7-14-11(5)16-18(13)17-12(6)15-8-10(3)4/h11-12H,1,3,7-8H2,2,4-6H3/q+1. The SMILES string of the molecule is C=C(C)COC(C)O[P+](=O)OC(C)OCC(=C)C. The van der Waals surface area contributed by atoms with E-state index in [9.17, 15) is 4.57 Å². The van der Waals surface area contributed by atoms with Crippen LogP contribution < -0.4 is 0 Å². The van der Waals surface area contributed by atoms with Crippen molar-refractivity contribution in [1.29, 1.82) is 0 Å². The highest BCUT2D eigenvalue weighted by molar-refractivity contribution is 7.33. The monoisotopic (exact) mass is 277 g/mol. The summed E-state index contributed by atoms with van der Waals surface area (Å²) >= 11 is 0. The maximum absolute atomic E-state index is 11.5. The minimum atomic E-state index is -2.28. The van der Waals surface area contributed by atoms with E-state index >= 15 is 0 Å². The summed E-state index contributed by atoms with van der Waals surface area (Å²) in [6, 6.07) is 0. The second-order valence-corrected chi connectivity index (χ2v) is 4.97. The lowest BCUT2D eigenvalue weighted by atomic mass is 10.4. The van der Waals surface area contributed by atoms with Gasteiger partial charge in [-0.3, -0.25) is 0 Å². The lowest BCUT2D eigenvalue weighted by Crippen LogP contribution is -2.14. The molecule has 2 unspecified atom stereocenters. The second-order valence-electron chi connectivity index (χ2n) is 4.11. The Kier molecular flexibility index (Phi) is 9.06. The first-order valence-electron chi connectivity index (χ1n) is 5.64. The second kappa shape index (κ2) is 9.36. The zero-order valence-corrected chi connectivity index (χ0v) is 12.4. The third kappa shape index (κ3) is 10.6. The van der Waals surface area contributed by atoms with Crippen LogP contribution in [0.3, 0.4) is 0 Å². The molecule has 0 aliphatic rings. The molecule has 0 radical (unpaired) electrons. The third-order valence-corrected chi connectivity index (χ3v) is 2.54. The van der Waals surface area contributed by atoms with E-state index in [2.05, 4.69) is 13.2 Å². The number of hydrogen-bond acceptors (Lipinski definition) is 5. The Hall–Kier alpha value is -0.580. The highest BCUT2D eigenvalue weighted by Crippen LogP contribution is 2.28. The molecular weight excluding hydrogens is 255 g/mol. The Labute approximate surface area is 110 Å². The van der Waals surface area contributed by atoms with E-state index < -0.39 is 20.8 Å². The summed E-state index contributed by atoms with van der Waals surface area (Å²) in [5.74, 6) is 0. The van der Waals surface area contributed by atoms with Crippen LogP contribution in [-0.4, -0.2) is 25.8 Å². The fourth-order valence-corrected chi connectivity index (χ4v) is 1.50. The lowest BCUT2D eigenvalue weighted by Gasteiger charge is -2.08. The molecule has 0 aliphatic heterocycles.